The lowest BCUT2D eigenvalue weighted by Gasteiger charge is -2.19. The van der Waals surface area contributed by atoms with E-state index in [1.54, 1.807) is 0 Å². The van der Waals surface area contributed by atoms with Crippen LogP contribution in [0.3, 0.4) is 0 Å². The van der Waals surface area contributed by atoms with Crippen molar-refractivity contribution in [3.05, 3.63) is 35.5 Å². The van der Waals surface area contributed by atoms with E-state index in [2.05, 4.69) is 35.9 Å². The van der Waals surface area contributed by atoms with E-state index in [1.165, 1.54) is 41.4 Å². The largest absolute Gasteiger partial charge is 0.347 e. The summed E-state index contributed by atoms with van der Waals surface area (Å²) in [6, 6.07) is 6.97. The van der Waals surface area contributed by atoms with Crippen LogP contribution >= 0.6 is 0 Å². The molecule has 2 nitrogen and oxygen atoms in total. The van der Waals surface area contributed by atoms with E-state index in [4.69, 9.17) is 5.73 Å². The molecular formula is C15H20N2. The Morgan fingerprint density at radius 2 is 2.29 bits per heavy atom. The molecule has 2 heterocycles. The predicted molar refractivity (Wildman–Crippen MR) is 72.3 cm³/mol. The van der Waals surface area contributed by atoms with Gasteiger partial charge in [-0.1, -0.05) is 13.0 Å². The van der Waals surface area contributed by atoms with Crippen molar-refractivity contribution in [1.29, 1.82) is 0 Å². The molecule has 0 spiro atoms. The predicted octanol–water partition coefficient (Wildman–Crippen LogP) is 3.04. The zero-order chi connectivity index (χ0) is 11.8. The molecule has 2 aromatic rings. The van der Waals surface area contributed by atoms with Crippen molar-refractivity contribution in [1.82, 2.24) is 4.57 Å². The Hall–Kier alpha value is -1.28. The Morgan fingerprint density at radius 1 is 1.41 bits per heavy atom. The van der Waals surface area contributed by atoms with Crippen LogP contribution in [0.25, 0.3) is 10.9 Å². The molecular weight excluding hydrogens is 208 g/mol. The van der Waals surface area contributed by atoms with Crippen LogP contribution in [-0.2, 0) is 13.0 Å². The molecule has 17 heavy (non-hydrogen) atoms. The average molecular weight is 228 g/mol. The first-order valence-electron chi connectivity index (χ1n) is 6.65. The number of aryl methyl sites for hydroxylation is 2. The summed E-state index contributed by atoms with van der Waals surface area (Å²) >= 11 is 0. The average Bonchev–Trinajstić information content (AvgIpc) is 2.76. The first kappa shape index (κ1) is 10.8. The molecule has 1 aliphatic rings. The summed E-state index contributed by atoms with van der Waals surface area (Å²) in [7, 11) is 0. The van der Waals surface area contributed by atoms with Gasteiger partial charge in [0.15, 0.2) is 0 Å². The van der Waals surface area contributed by atoms with Crippen LogP contribution in [-0.4, -0.2) is 11.1 Å². The van der Waals surface area contributed by atoms with Crippen LogP contribution in [0.5, 0.6) is 0 Å². The summed E-state index contributed by atoms with van der Waals surface area (Å²) in [4.78, 5) is 0. The van der Waals surface area contributed by atoms with Gasteiger partial charge in [-0.3, -0.25) is 0 Å². The van der Waals surface area contributed by atoms with Crippen molar-refractivity contribution in [3.63, 3.8) is 0 Å². The second-order valence-corrected chi connectivity index (χ2v) is 5.07. The summed E-state index contributed by atoms with van der Waals surface area (Å²) in [6.07, 6.45) is 5.83. The molecule has 0 fully saturated rings. The molecule has 3 rings (SSSR count). The normalized spacial score (nSPS) is 16.4. The Bertz CT molecular complexity index is 535. The van der Waals surface area contributed by atoms with Gasteiger partial charge >= 0.3 is 0 Å². The fraction of sp³-hybridized carbons (Fsp3) is 0.467. The fourth-order valence-corrected chi connectivity index (χ4v) is 3.06. The Labute approximate surface area is 102 Å². The minimum Gasteiger partial charge on any atom is -0.347 e. The van der Waals surface area contributed by atoms with Gasteiger partial charge < -0.3 is 10.3 Å². The number of aromatic nitrogens is 1. The molecule has 0 saturated heterocycles. The van der Waals surface area contributed by atoms with Gasteiger partial charge in [-0.25, -0.2) is 0 Å². The Morgan fingerprint density at radius 3 is 3.06 bits per heavy atom. The maximum Gasteiger partial charge on any atom is 0.0513 e. The van der Waals surface area contributed by atoms with Crippen LogP contribution in [0.1, 0.15) is 36.8 Å². The SMILES string of the molecule is CCC(CN)c1cc2c3c(ccn3CCC2)c1. The van der Waals surface area contributed by atoms with Crippen molar-refractivity contribution >= 4 is 10.9 Å². The molecule has 2 heteroatoms. The number of benzene rings is 1. The summed E-state index contributed by atoms with van der Waals surface area (Å²) in [6.45, 7) is 4.14. The molecule has 1 aliphatic heterocycles. The molecule has 0 aliphatic carbocycles. The molecule has 2 N–H and O–H groups in total. The summed E-state index contributed by atoms with van der Waals surface area (Å²) in [5.74, 6) is 0.515. The minimum atomic E-state index is 0.515. The molecule has 0 saturated carbocycles. The lowest BCUT2D eigenvalue weighted by atomic mass is 9.91. The third-order valence-electron chi connectivity index (χ3n) is 4.06. The second-order valence-electron chi connectivity index (χ2n) is 5.07. The minimum absolute atomic E-state index is 0.515. The second kappa shape index (κ2) is 4.19. The van der Waals surface area contributed by atoms with E-state index in [-0.39, 0.29) is 0 Å². The first-order valence-corrected chi connectivity index (χ1v) is 6.65. The highest BCUT2D eigenvalue weighted by Gasteiger charge is 2.16. The van der Waals surface area contributed by atoms with Crippen LogP contribution in [0, 0.1) is 0 Å². The molecule has 1 atom stereocenters. The van der Waals surface area contributed by atoms with Crippen LogP contribution in [0.4, 0.5) is 0 Å². The lowest BCUT2D eigenvalue weighted by molar-refractivity contribution is 0.631. The van der Waals surface area contributed by atoms with Gasteiger partial charge in [-0.05, 0) is 55.0 Å². The zero-order valence-electron chi connectivity index (χ0n) is 10.4. The van der Waals surface area contributed by atoms with Crippen LogP contribution in [0.15, 0.2) is 24.4 Å². The summed E-state index contributed by atoms with van der Waals surface area (Å²) < 4.78 is 2.39. The molecule has 0 radical (unpaired) electrons. The molecule has 0 amide bonds. The van der Waals surface area contributed by atoms with Crippen LogP contribution in [0.2, 0.25) is 0 Å². The monoisotopic (exact) mass is 228 g/mol. The Kier molecular flexibility index (Phi) is 2.67. The summed E-state index contributed by atoms with van der Waals surface area (Å²) in [5, 5.41) is 1.39. The number of hydrogen-bond acceptors (Lipinski definition) is 1. The van der Waals surface area contributed by atoms with Gasteiger partial charge in [0.05, 0.1) is 5.52 Å². The number of rotatable bonds is 3. The smallest absolute Gasteiger partial charge is 0.0513 e. The number of nitrogens with zero attached hydrogens (tertiary/aromatic N) is 1. The lowest BCUT2D eigenvalue weighted by Crippen LogP contribution is -2.13. The molecule has 1 aromatic heterocycles. The third-order valence-corrected chi connectivity index (χ3v) is 4.06. The topological polar surface area (TPSA) is 30.9 Å². The standard InChI is InChI=1S/C15H20N2/c1-2-11(10-16)14-8-12-4-3-6-17-7-5-13(9-14)15(12)17/h5,7-9,11H,2-4,6,10,16H2,1H3. The highest BCUT2D eigenvalue weighted by molar-refractivity contribution is 5.85. The van der Waals surface area contributed by atoms with E-state index in [1.807, 2.05) is 0 Å². The molecule has 90 valence electrons. The highest BCUT2D eigenvalue weighted by atomic mass is 15.0. The number of nitrogens with two attached hydrogens (primary N) is 1. The van der Waals surface area contributed by atoms with Crippen molar-refractivity contribution in [2.45, 2.75) is 38.6 Å². The van der Waals surface area contributed by atoms with Gasteiger partial charge in [0.1, 0.15) is 0 Å². The van der Waals surface area contributed by atoms with E-state index in [9.17, 15) is 0 Å². The maximum atomic E-state index is 5.86. The van der Waals surface area contributed by atoms with E-state index >= 15 is 0 Å². The van der Waals surface area contributed by atoms with E-state index < -0.39 is 0 Å². The van der Waals surface area contributed by atoms with Crippen molar-refractivity contribution < 1.29 is 0 Å². The van der Waals surface area contributed by atoms with Gasteiger partial charge in [-0.15, -0.1) is 0 Å². The van der Waals surface area contributed by atoms with Crippen molar-refractivity contribution in [2.24, 2.45) is 5.73 Å². The van der Waals surface area contributed by atoms with Crippen molar-refractivity contribution in [2.75, 3.05) is 6.54 Å². The molecule has 1 aromatic carbocycles. The fourth-order valence-electron chi connectivity index (χ4n) is 3.06. The van der Waals surface area contributed by atoms with Gasteiger partial charge in [0, 0.05) is 18.1 Å². The zero-order valence-corrected chi connectivity index (χ0v) is 10.4. The first-order chi connectivity index (χ1) is 8.33. The molecule has 1 unspecified atom stereocenters. The van der Waals surface area contributed by atoms with Gasteiger partial charge in [0.2, 0.25) is 0 Å². The number of hydrogen-bond donors (Lipinski definition) is 1. The maximum absolute atomic E-state index is 5.86. The van der Waals surface area contributed by atoms with Crippen LogP contribution < -0.4 is 5.73 Å². The summed E-state index contributed by atoms with van der Waals surface area (Å²) in [5.41, 5.74) is 10.3. The highest BCUT2D eigenvalue weighted by Crippen LogP contribution is 2.31. The van der Waals surface area contributed by atoms with Gasteiger partial charge in [-0.2, -0.15) is 0 Å². The van der Waals surface area contributed by atoms with E-state index in [0.717, 1.165) is 13.0 Å². The van der Waals surface area contributed by atoms with Crippen molar-refractivity contribution in [3.8, 4) is 0 Å². The van der Waals surface area contributed by atoms with E-state index in [0.29, 0.717) is 5.92 Å². The quantitative estimate of drug-likeness (QED) is 0.860. The Balaban J connectivity index is 2.17. The third kappa shape index (κ3) is 1.67. The molecule has 0 bridgehead atoms. The van der Waals surface area contributed by atoms with Gasteiger partial charge in [0.25, 0.3) is 0 Å².